The molecule has 1 aliphatic heterocycles. The van der Waals surface area contributed by atoms with E-state index in [0.717, 1.165) is 45.0 Å². The first kappa shape index (κ1) is 20.7. The number of thiocarbonyl (C=S) groups is 1. The highest BCUT2D eigenvalue weighted by Gasteiger charge is 2.11. The third kappa shape index (κ3) is 6.60. The number of halogens is 1. The molecule has 0 aliphatic carbocycles. The number of hydrogen-bond donors (Lipinski definition) is 2. The summed E-state index contributed by atoms with van der Waals surface area (Å²) < 4.78 is 16.1. The molecule has 0 amide bonds. The highest BCUT2D eigenvalue weighted by atomic mass is 35.5. The second-order valence-corrected chi connectivity index (χ2v) is 6.36. The first-order valence-electron chi connectivity index (χ1n) is 8.51. The van der Waals surface area contributed by atoms with Gasteiger partial charge in [-0.05, 0) is 36.8 Å². The molecule has 26 heavy (non-hydrogen) atoms. The first-order chi connectivity index (χ1) is 12.6. The molecule has 0 bridgehead atoms. The fourth-order valence-electron chi connectivity index (χ4n) is 2.46. The van der Waals surface area contributed by atoms with Gasteiger partial charge < -0.3 is 19.5 Å². The second kappa shape index (κ2) is 11.2. The van der Waals surface area contributed by atoms with Crippen molar-refractivity contribution in [1.82, 2.24) is 15.6 Å². The fourth-order valence-corrected chi connectivity index (χ4v) is 2.88. The average molecular weight is 401 g/mol. The van der Waals surface area contributed by atoms with Crippen molar-refractivity contribution in [1.29, 1.82) is 0 Å². The Hall–Kier alpha value is -1.61. The van der Waals surface area contributed by atoms with Crippen LogP contribution in [0, 0.1) is 0 Å². The molecule has 1 aliphatic rings. The summed E-state index contributed by atoms with van der Waals surface area (Å²) in [4.78, 5) is 2.33. The molecule has 144 valence electrons. The van der Waals surface area contributed by atoms with E-state index in [1.807, 2.05) is 6.92 Å². The molecule has 1 fully saturated rings. The third-order valence-corrected chi connectivity index (χ3v) is 4.25. The van der Waals surface area contributed by atoms with E-state index in [1.165, 1.54) is 0 Å². The lowest BCUT2D eigenvalue weighted by Gasteiger charge is -2.26. The highest BCUT2D eigenvalue weighted by molar-refractivity contribution is 7.80. The molecule has 7 nitrogen and oxygen atoms in total. The van der Waals surface area contributed by atoms with E-state index >= 15 is 0 Å². The molecule has 1 heterocycles. The lowest BCUT2D eigenvalue weighted by Crippen LogP contribution is -2.42. The van der Waals surface area contributed by atoms with Crippen LogP contribution in [0.4, 0.5) is 0 Å². The summed E-state index contributed by atoms with van der Waals surface area (Å²) >= 11 is 11.5. The molecule has 0 unspecified atom stereocenters. The maximum absolute atomic E-state index is 6.24. The standard InChI is InChI=1S/C17H25ClN4O3S/c1-3-25-16-14(18)10-13(11-15(16)23-2)12-20-21-17(26)19-4-5-22-6-8-24-9-7-22/h10-12H,3-9H2,1-2H3,(H2,19,21,26)/b20-12+. The molecule has 0 atom stereocenters. The van der Waals surface area contributed by atoms with E-state index in [2.05, 4.69) is 20.7 Å². The Balaban J connectivity index is 1.79. The number of rotatable bonds is 8. The van der Waals surface area contributed by atoms with Gasteiger partial charge in [0.05, 0.1) is 38.2 Å². The van der Waals surface area contributed by atoms with E-state index in [-0.39, 0.29) is 0 Å². The van der Waals surface area contributed by atoms with E-state index in [9.17, 15) is 0 Å². The number of hydrazone groups is 1. The molecule has 0 radical (unpaired) electrons. The van der Waals surface area contributed by atoms with Crippen LogP contribution in [0.15, 0.2) is 17.2 Å². The quantitative estimate of drug-likeness (QED) is 0.392. The average Bonchev–Trinajstić information content (AvgIpc) is 2.64. The van der Waals surface area contributed by atoms with Crippen molar-refractivity contribution < 1.29 is 14.2 Å². The number of methoxy groups -OCH3 is 1. The van der Waals surface area contributed by atoms with E-state index in [1.54, 1.807) is 25.5 Å². The predicted molar refractivity (Wildman–Crippen MR) is 108 cm³/mol. The minimum Gasteiger partial charge on any atom is -0.493 e. The summed E-state index contributed by atoms with van der Waals surface area (Å²) in [6.45, 7) is 7.57. The van der Waals surface area contributed by atoms with Crippen LogP contribution >= 0.6 is 23.8 Å². The van der Waals surface area contributed by atoms with Gasteiger partial charge in [0.2, 0.25) is 0 Å². The van der Waals surface area contributed by atoms with Gasteiger partial charge in [-0.15, -0.1) is 0 Å². The molecule has 2 N–H and O–H groups in total. The number of benzene rings is 1. The topological polar surface area (TPSA) is 67.4 Å². The molecule has 1 aromatic rings. The Labute approximate surface area is 164 Å². The van der Waals surface area contributed by atoms with Crippen molar-refractivity contribution in [2.75, 3.05) is 53.1 Å². The molecule has 1 saturated heterocycles. The van der Waals surface area contributed by atoms with Crippen molar-refractivity contribution in [3.63, 3.8) is 0 Å². The summed E-state index contributed by atoms with van der Waals surface area (Å²) in [5, 5.41) is 8.20. The smallest absolute Gasteiger partial charge is 0.187 e. The van der Waals surface area contributed by atoms with Crippen molar-refractivity contribution >= 4 is 35.1 Å². The Morgan fingerprint density at radius 2 is 2.19 bits per heavy atom. The van der Waals surface area contributed by atoms with E-state index in [0.29, 0.717) is 28.2 Å². The van der Waals surface area contributed by atoms with Crippen LogP contribution in [-0.2, 0) is 4.74 Å². The number of hydrogen-bond acceptors (Lipinski definition) is 6. The van der Waals surface area contributed by atoms with Crippen LogP contribution < -0.4 is 20.2 Å². The van der Waals surface area contributed by atoms with E-state index < -0.39 is 0 Å². The van der Waals surface area contributed by atoms with E-state index in [4.69, 9.17) is 38.0 Å². The molecule has 9 heteroatoms. The Morgan fingerprint density at radius 3 is 2.88 bits per heavy atom. The Bertz CT molecular complexity index is 624. The van der Waals surface area contributed by atoms with Crippen LogP contribution in [0.1, 0.15) is 12.5 Å². The third-order valence-electron chi connectivity index (χ3n) is 3.74. The summed E-state index contributed by atoms with van der Waals surface area (Å²) in [5.41, 5.74) is 3.57. The van der Waals surface area contributed by atoms with Crippen molar-refractivity contribution in [2.45, 2.75) is 6.92 Å². The molecule has 0 spiro atoms. The number of nitrogens with zero attached hydrogens (tertiary/aromatic N) is 2. The van der Waals surface area contributed by atoms with Crippen molar-refractivity contribution in [3.05, 3.63) is 22.7 Å². The molecule has 0 saturated carbocycles. The van der Waals surface area contributed by atoms with Crippen LogP contribution in [0.25, 0.3) is 0 Å². The monoisotopic (exact) mass is 400 g/mol. The van der Waals surface area contributed by atoms with Gasteiger partial charge in [0, 0.05) is 26.2 Å². The van der Waals surface area contributed by atoms with Crippen LogP contribution in [0.3, 0.4) is 0 Å². The zero-order valence-corrected chi connectivity index (χ0v) is 16.7. The second-order valence-electron chi connectivity index (χ2n) is 5.55. The van der Waals surface area contributed by atoms with Gasteiger partial charge in [-0.2, -0.15) is 5.10 Å². The van der Waals surface area contributed by atoms with Gasteiger partial charge in [-0.1, -0.05) is 11.6 Å². The maximum atomic E-state index is 6.24. The van der Waals surface area contributed by atoms with Gasteiger partial charge in [0.1, 0.15) is 0 Å². The van der Waals surface area contributed by atoms with Crippen molar-refractivity contribution in [3.8, 4) is 11.5 Å². The van der Waals surface area contributed by atoms with Gasteiger partial charge >= 0.3 is 0 Å². The molecule has 2 rings (SSSR count). The molecular weight excluding hydrogens is 376 g/mol. The zero-order chi connectivity index (χ0) is 18.8. The minimum absolute atomic E-state index is 0.471. The van der Waals surface area contributed by atoms with Crippen LogP contribution in [0.2, 0.25) is 5.02 Å². The highest BCUT2D eigenvalue weighted by Crippen LogP contribution is 2.35. The number of nitrogens with one attached hydrogen (secondary N) is 2. The van der Waals surface area contributed by atoms with Crippen molar-refractivity contribution in [2.24, 2.45) is 5.10 Å². The largest absolute Gasteiger partial charge is 0.493 e. The molecule has 1 aromatic carbocycles. The minimum atomic E-state index is 0.471. The van der Waals surface area contributed by atoms with Gasteiger partial charge in [0.15, 0.2) is 16.6 Å². The normalized spacial score (nSPS) is 15.0. The summed E-state index contributed by atoms with van der Waals surface area (Å²) in [5.74, 6) is 1.09. The Morgan fingerprint density at radius 1 is 1.42 bits per heavy atom. The number of ether oxygens (including phenoxy) is 3. The Kier molecular flexibility index (Phi) is 8.90. The predicted octanol–water partition coefficient (Wildman–Crippen LogP) is 1.88. The lowest BCUT2D eigenvalue weighted by molar-refractivity contribution is 0.0389. The summed E-state index contributed by atoms with van der Waals surface area (Å²) in [6, 6.07) is 3.56. The van der Waals surface area contributed by atoms with Gasteiger partial charge in [-0.25, -0.2) is 0 Å². The van der Waals surface area contributed by atoms with Gasteiger partial charge in [-0.3, -0.25) is 10.3 Å². The number of morpholine rings is 1. The molecule has 0 aromatic heterocycles. The maximum Gasteiger partial charge on any atom is 0.187 e. The zero-order valence-electron chi connectivity index (χ0n) is 15.1. The summed E-state index contributed by atoms with van der Waals surface area (Å²) in [6.07, 6.45) is 1.63. The van der Waals surface area contributed by atoms with Crippen LogP contribution in [-0.4, -0.2) is 69.3 Å². The first-order valence-corrected chi connectivity index (χ1v) is 9.30. The SMILES string of the molecule is CCOc1c(Cl)cc(/C=N/NC(=S)NCCN2CCOCC2)cc1OC. The molecular formula is C17H25ClN4O3S. The van der Waals surface area contributed by atoms with Gasteiger partial charge in [0.25, 0.3) is 0 Å². The fraction of sp³-hybridized carbons (Fsp3) is 0.529. The lowest BCUT2D eigenvalue weighted by atomic mass is 10.2. The van der Waals surface area contributed by atoms with Crippen LogP contribution in [0.5, 0.6) is 11.5 Å². The summed E-state index contributed by atoms with van der Waals surface area (Å²) in [7, 11) is 1.57.